The van der Waals surface area contributed by atoms with Gasteiger partial charge in [0.25, 0.3) is 0 Å². The summed E-state index contributed by atoms with van der Waals surface area (Å²) in [4.78, 5) is 1.28. The summed E-state index contributed by atoms with van der Waals surface area (Å²) in [7, 11) is 0. The van der Waals surface area contributed by atoms with Crippen LogP contribution in [-0.2, 0) is 0 Å². The first-order valence-electron chi connectivity index (χ1n) is 7.73. The van der Waals surface area contributed by atoms with Crippen LogP contribution in [0.15, 0.2) is 69.6 Å². The molecule has 1 aliphatic heterocycles. The molecule has 0 saturated heterocycles. The van der Waals surface area contributed by atoms with Crippen molar-refractivity contribution in [2.45, 2.75) is 12.5 Å². The van der Waals surface area contributed by atoms with E-state index in [0.717, 1.165) is 27.9 Å². The Morgan fingerprint density at radius 3 is 2.52 bits per heavy atom. The Labute approximate surface area is 168 Å². The zero-order valence-electron chi connectivity index (χ0n) is 13.0. The molecule has 2 aromatic carbocycles. The quantitative estimate of drug-likeness (QED) is 0.411. The largest absolute Gasteiger partial charge is 0.257 e. The van der Waals surface area contributed by atoms with E-state index in [9.17, 15) is 0 Å². The van der Waals surface area contributed by atoms with Crippen molar-refractivity contribution in [3.63, 3.8) is 0 Å². The van der Waals surface area contributed by atoms with Gasteiger partial charge in [0.05, 0.1) is 27.5 Å². The molecular weight excluding hydrogens is 439 g/mol. The Balaban J connectivity index is 1.75. The number of anilines is 1. The molecule has 3 aromatic rings. The minimum atomic E-state index is 0.163. The molecule has 0 amide bonds. The van der Waals surface area contributed by atoms with Crippen LogP contribution in [0.3, 0.4) is 0 Å². The predicted octanol–water partition coefficient (Wildman–Crippen LogP) is 7.17. The SMILES string of the molecule is Clc1ccc(N2N=C(c3ccc(Br)cc3)C[C@@H]2c2cccs2)cc1Cl. The van der Waals surface area contributed by atoms with Crippen LogP contribution in [-0.4, -0.2) is 5.71 Å². The van der Waals surface area contributed by atoms with Crippen molar-refractivity contribution in [1.82, 2.24) is 0 Å². The molecule has 0 bridgehead atoms. The van der Waals surface area contributed by atoms with Gasteiger partial charge in [-0.3, -0.25) is 5.01 Å². The molecule has 2 nitrogen and oxygen atoms in total. The van der Waals surface area contributed by atoms with Crippen LogP contribution in [0.25, 0.3) is 0 Å². The van der Waals surface area contributed by atoms with Gasteiger partial charge in [0.1, 0.15) is 0 Å². The molecule has 0 fully saturated rings. The molecule has 6 heteroatoms. The van der Waals surface area contributed by atoms with Crippen LogP contribution < -0.4 is 5.01 Å². The maximum absolute atomic E-state index is 6.23. The van der Waals surface area contributed by atoms with Crippen LogP contribution in [0, 0.1) is 0 Å². The lowest BCUT2D eigenvalue weighted by atomic mass is 10.0. The van der Waals surface area contributed by atoms with Gasteiger partial charge < -0.3 is 0 Å². The molecule has 0 saturated carbocycles. The number of hydrogen-bond donors (Lipinski definition) is 0. The highest BCUT2D eigenvalue weighted by atomic mass is 79.9. The fraction of sp³-hybridized carbons (Fsp3) is 0.105. The van der Waals surface area contributed by atoms with Crippen molar-refractivity contribution in [2.24, 2.45) is 5.10 Å². The zero-order chi connectivity index (χ0) is 17.4. The van der Waals surface area contributed by atoms with Crippen LogP contribution in [0.2, 0.25) is 10.0 Å². The van der Waals surface area contributed by atoms with Gasteiger partial charge in [0, 0.05) is 15.8 Å². The fourth-order valence-corrected chi connectivity index (χ4v) is 4.26. The summed E-state index contributed by atoms with van der Waals surface area (Å²) in [5, 5.41) is 10.1. The number of halogens is 3. The molecule has 126 valence electrons. The summed E-state index contributed by atoms with van der Waals surface area (Å²) >= 11 is 17.5. The highest BCUT2D eigenvalue weighted by Crippen LogP contribution is 2.40. The lowest BCUT2D eigenvalue weighted by molar-refractivity contribution is 0.722. The molecule has 0 spiro atoms. The maximum Gasteiger partial charge on any atom is 0.0923 e. The van der Waals surface area contributed by atoms with Gasteiger partial charge in [-0.05, 0) is 47.3 Å². The molecule has 0 N–H and O–H groups in total. The minimum absolute atomic E-state index is 0.163. The Morgan fingerprint density at radius 1 is 1.04 bits per heavy atom. The third kappa shape index (κ3) is 3.49. The van der Waals surface area contributed by atoms with E-state index in [1.807, 2.05) is 35.3 Å². The molecule has 1 atom stereocenters. The van der Waals surface area contributed by atoms with E-state index in [0.29, 0.717) is 10.0 Å². The number of nitrogens with zero attached hydrogens (tertiary/aromatic N) is 2. The first-order valence-corrected chi connectivity index (χ1v) is 10.2. The van der Waals surface area contributed by atoms with Crippen LogP contribution >= 0.6 is 50.5 Å². The van der Waals surface area contributed by atoms with E-state index in [-0.39, 0.29) is 6.04 Å². The van der Waals surface area contributed by atoms with Gasteiger partial charge >= 0.3 is 0 Å². The average Bonchev–Trinajstić information content (AvgIpc) is 3.27. The second kappa shape index (κ2) is 7.12. The highest BCUT2D eigenvalue weighted by molar-refractivity contribution is 9.10. The monoisotopic (exact) mass is 450 g/mol. The van der Waals surface area contributed by atoms with Crippen LogP contribution in [0.5, 0.6) is 0 Å². The second-order valence-corrected chi connectivity index (χ2v) is 8.44. The van der Waals surface area contributed by atoms with Gasteiger partial charge in [-0.15, -0.1) is 11.3 Å². The van der Waals surface area contributed by atoms with E-state index >= 15 is 0 Å². The third-order valence-electron chi connectivity index (χ3n) is 4.13. The number of benzene rings is 2. The fourth-order valence-electron chi connectivity index (χ4n) is 2.90. The first kappa shape index (κ1) is 17.1. The summed E-state index contributed by atoms with van der Waals surface area (Å²) in [5.41, 5.74) is 3.14. The molecular formula is C19H13BrCl2N2S. The second-order valence-electron chi connectivity index (χ2n) is 5.73. The Morgan fingerprint density at radius 2 is 1.84 bits per heavy atom. The smallest absolute Gasteiger partial charge is 0.0923 e. The molecule has 1 aliphatic rings. The van der Waals surface area contributed by atoms with Crippen molar-refractivity contribution in [2.75, 3.05) is 5.01 Å². The van der Waals surface area contributed by atoms with Gasteiger partial charge in [0.15, 0.2) is 0 Å². The molecule has 0 aliphatic carbocycles. The zero-order valence-corrected chi connectivity index (χ0v) is 16.9. The topological polar surface area (TPSA) is 15.6 Å². The van der Waals surface area contributed by atoms with Gasteiger partial charge in [-0.2, -0.15) is 5.10 Å². The van der Waals surface area contributed by atoms with Crippen molar-refractivity contribution in [3.8, 4) is 0 Å². The molecule has 0 unspecified atom stereocenters. The molecule has 2 heterocycles. The molecule has 4 rings (SSSR count). The van der Waals surface area contributed by atoms with E-state index in [1.54, 1.807) is 11.3 Å². The normalized spacial score (nSPS) is 17.0. The standard InChI is InChI=1S/C19H13BrCl2N2S/c20-13-5-3-12(4-6-13)17-11-18(19-2-1-9-25-19)24(23-17)14-7-8-15(21)16(22)10-14/h1-10,18H,11H2/t18-/m1/s1. The van der Waals surface area contributed by atoms with E-state index < -0.39 is 0 Å². The number of hydrogen-bond acceptors (Lipinski definition) is 3. The van der Waals surface area contributed by atoms with Crippen molar-refractivity contribution in [3.05, 3.63) is 84.9 Å². The third-order valence-corrected chi connectivity index (χ3v) is 6.37. The van der Waals surface area contributed by atoms with Crippen molar-refractivity contribution >= 4 is 61.9 Å². The summed E-state index contributed by atoms with van der Waals surface area (Å²) in [5.74, 6) is 0. The van der Waals surface area contributed by atoms with E-state index in [1.165, 1.54) is 4.88 Å². The van der Waals surface area contributed by atoms with E-state index in [2.05, 4.69) is 45.6 Å². The lowest BCUT2D eigenvalue weighted by Gasteiger charge is -2.23. The van der Waals surface area contributed by atoms with Crippen LogP contribution in [0.4, 0.5) is 5.69 Å². The Bertz CT molecular complexity index is 923. The van der Waals surface area contributed by atoms with Gasteiger partial charge in [-0.25, -0.2) is 0 Å². The predicted molar refractivity (Wildman–Crippen MR) is 111 cm³/mol. The Hall–Kier alpha value is -1.33. The molecule has 0 radical (unpaired) electrons. The Kier molecular flexibility index (Phi) is 4.87. The van der Waals surface area contributed by atoms with Gasteiger partial charge in [-0.1, -0.05) is 57.3 Å². The average molecular weight is 452 g/mol. The highest BCUT2D eigenvalue weighted by Gasteiger charge is 2.30. The number of hydrazone groups is 1. The summed E-state index contributed by atoms with van der Waals surface area (Å²) in [6.07, 6.45) is 0.850. The number of rotatable bonds is 3. The van der Waals surface area contributed by atoms with Crippen LogP contribution in [0.1, 0.15) is 22.9 Å². The lowest BCUT2D eigenvalue weighted by Crippen LogP contribution is -2.17. The molecule has 25 heavy (non-hydrogen) atoms. The molecule has 1 aromatic heterocycles. The van der Waals surface area contributed by atoms with Gasteiger partial charge in [0.2, 0.25) is 0 Å². The summed E-state index contributed by atoms with van der Waals surface area (Å²) < 4.78 is 1.06. The summed E-state index contributed by atoms with van der Waals surface area (Å²) in [6.45, 7) is 0. The van der Waals surface area contributed by atoms with Crippen molar-refractivity contribution in [1.29, 1.82) is 0 Å². The van der Waals surface area contributed by atoms with E-state index in [4.69, 9.17) is 28.3 Å². The summed E-state index contributed by atoms with van der Waals surface area (Å²) in [6, 6.07) is 18.3. The number of thiophene rings is 1. The maximum atomic E-state index is 6.23. The minimum Gasteiger partial charge on any atom is -0.257 e. The van der Waals surface area contributed by atoms with Crippen molar-refractivity contribution < 1.29 is 0 Å². The first-order chi connectivity index (χ1) is 12.1.